The van der Waals surface area contributed by atoms with E-state index in [0.29, 0.717) is 0 Å². The summed E-state index contributed by atoms with van der Waals surface area (Å²) in [5.74, 6) is 0. The number of hydrogen-bond acceptors (Lipinski definition) is 4. The maximum absolute atomic E-state index is 6.81. The molecule has 0 aliphatic heterocycles. The molecule has 0 aliphatic rings. The smallest absolute Gasteiger partial charge is 2.00 e. The number of furan rings is 1. The van der Waals surface area contributed by atoms with E-state index in [2.05, 4.69) is 148 Å². The molecule has 0 aliphatic carbocycles. The van der Waals surface area contributed by atoms with Crippen molar-refractivity contribution in [3.8, 4) is 11.3 Å². The second-order valence-electron chi connectivity index (χ2n) is 17.3. The Balaban J connectivity index is 0.00000420. The van der Waals surface area contributed by atoms with Crippen LogP contribution in [0.3, 0.4) is 0 Å². The Morgan fingerprint density at radius 2 is 1.52 bits per heavy atom. The molecular formula is C46H44N2OPtSSe. The van der Waals surface area contributed by atoms with E-state index in [-0.39, 0.29) is 52.3 Å². The van der Waals surface area contributed by atoms with Gasteiger partial charge in [-0.05, 0) is 0 Å². The van der Waals surface area contributed by atoms with Crippen LogP contribution in [0.4, 0.5) is 0 Å². The van der Waals surface area contributed by atoms with Gasteiger partial charge in [0.15, 0.2) is 0 Å². The first kappa shape index (κ1) is 37.0. The van der Waals surface area contributed by atoms with Gasteiger partial charge >= 0.3 is 334 Å². The Kier molecular flexibility index (Phi) is 9.40. The van der Waals surface area contributed by atoms with Crippen molar-refractivity contribution in [2.24, 2.45) is 5.41 Å². The first-order valence-corrected chi connectivity index (χ1v) is 20.3. The zero-order valence-electron chi connectivity index (χ0n) is 31.6. The SMILES string of the molecule is Cc1cc([Se]c2cc(C(C)(C)C)cc(-c3[c-]ccc(C(C)(C)C)c3)n2)nc2c1sc1cc(CC(C)(C)C)cc3oc4c5ccccc5[c-]c2c4c31.[Pt+2]. The fourth-order valence-electron chi connectivity index (χ4n) is 7.04. The van der Waals surface area contributed by atoms with Gasteiger partial charge in [0.1, 0.15) is 0 Å². The summed E-state index contributed by atoms with van der Waals surface area (Å²) in [4.78, 5) is 10.8. The molecule has 266 valence electrons. The molecule has 0 amide bonds. The van der Waals surface area contributed by atoms with Gasteiger partial charge in [0.2, 0.25) is 0 Å². The normalized spacial score (nSPS) is 12.8. The van der Waals surface area contributed by atoms with Crippen LogP contribution in [0.1, 0.15) is 84.6 Å². The maximum Gasteiger partial charge on any atom is 2.00 e. The number of benzene rings is 4. The van der Waals surface area contributed by atoms with Gasteiger partial charge in [-0.2, -0.15) is 0 Å². The van der Waals surface area contributed by atoms with Crippen LogP contribution >= 0.6 is 11.3 Å². The third-order valence-corrected chi connectivity index (χ3v) is 12.7. The van der Waals surface area contributed by atoms with E-state index >= 15 is 0 Å². The standard InChI is InChI=1S/C46H44N2OSSe.Pt/c1-26-18-37(51-38-24-31(46(8,9)10)23-34(47-38)29-15-13-16-30(21-29)45(5,6)7)48-41-33-22-28-14-11-12-17-32(28)42-39(33)40-35(49-42)19-27(25-44(2,3)4)20-36(40)50-43(26)41;/h11-14,16-21,23-24H,25H2,1-10H3;/q-2;+2. The number of rotatable bonds is 4. The molecule has 8 aromatic rings. The van der Waals surface area contributed by atoms with Gasteiger partial charge in [0.25, 0.3) is 0 Å². The summed E-state index contributed by atoms with van der Waals surface area (Å²) in [7, 11) is 0. The number of pyridine rings is 2. The molecule has 3 nitrogen and oxygen atoms in total. The topological polar surface area (TPSA) is 38.9 Å². The molecular weight excluding hydrogens is 903 g/mol. The fraction of sp³-hybridized carbons (Fsp3) is 0.304. The Bertz CT molecular complexity index is 2670. The van der Waals surface area contributed by atoms with Crippen LogP contribution in [0, 0.1) is 24.5 Å². The Labute approximate surface area is 332 Å². The van der Waals surface area contributed by atoms with Gasteiger partial charge < -0.3 is 0 Å². The van der Waals surface area contributed by atoms with Crippen molar-refractivity contribution < 1.29 is 25.5 Å². The Morgan fingerprint density at radius 1 is 0.788 bits per heavy atom. The van der Waals surface area contributed by atoms with E-state index in [4.69, 9.17) is 14.4 Å². The number of aryl methyl sites for hydroxylation is 1. The van der Waals surface area contributed by atoms with Crippen molar-refractivity contribution in [2.45, 2.75) is 86.5 Å². The third kappa shape index (κ3) is 6.91. The minimum atomic E-state index is -0.136. The summed E-state index contributed by atoms with van der Waals surface area (Å²) in [6.45, 7) is 22.7. The third-order valence-electron chi connectivity index (χ3n) is 9.64. The number of fused-ring (bicyclic) bond motifs is 4. The van der Waals surface area contributed by atoms with Crippen LogP contribution < -0.4 is 9.18 Å². The predicted molar refractivity (Wildman–Crippen MR) is 220 cm³/mol. The summed E-state index contributed by atoms with van der Waals surface area (Å²) in [6.07, 6.45) is 0.972. The van der Waals surface area contributed by atoms with Gasteiger partial charge in [-0.25, -0.2) is 0 Å². The predicted octanol–water partition coefficient (Wildman–Crippen LogP) is 11.3. The van der Waals surface area contributed by atoms with Crippen LogP contribution in [-0.2, 0) is 38.3 Å². The minimum absolute atomic E-state index is 0. The van der Waals surface area contributed by atoms with E-state index in [1.807, 2.05) is 17.4 Å². The molecule has 4 aromatic heterocycles. The summed E-state index contributed by atoms with van der Waals surface area (Å²) < 4.78 is 11.4. The molecule has 0 radical (unpaired) electrons. The average Bonchev–Trinajstić information content (AvgIpc) is 3.37. The van der Waals surface area contributed by atoms with E-state index in [9.17, 15) is 0 Å². The zero-order valence-corrected chi connectivity index (χ0v) is 36.4. The van der Waals surface area contributed by atoms with Crippen molar-refractivity contribution in [2.75, 3.05) is 0 Å². The largest absolute Gasteiger partial charge is 2.00 e. The van der Waals surface area contributed by atoms with E-state index < -0.39 is 0 Å². The number of hydrogen-bond donors (Lipinski definition) is 0. The number of nitrogens with zero attached hydrogens (tertiary/aromatic N) is 2. The summed E-state index contributed by atoms with van der Waals surface area (Å²) in [5.41, 5.74) is 10.1. The van der Waals surface area contributed by atoms with Crippen molar-refractivity contribution in [3.05, 3.63) is 107 Å². The van der Waals surface area contributed by atoms with Crippen LogP contribution in [0.5, 0.6) is 0 Å². The van der Waals surface area contributed by atoms with Crippen LogP contribution in [0.15, 0.2) is 77.2 Å². The number of aromatic nitrogens is 2. The van der Waals surface area contributed by atoms with E-state index in [0.717, 1.165) is 65.1 Å². The molecule has 0 spiro atoms. The summed E-state index contributed by atoms with van der Waals surface area (Å²) in [6, 6.07) is 33.7. The van der Waals surface area contributed by atoms with Crippen LogP contribution in [0.2, 0.25) is 0 Å². The minimum Gasteiger partial charge on any atom is 2.00 e. The van der Waals surface area contributed by atoms with Gasteiger partial charge in [0.05, 0.1) is 0 Å². The zero-order chi connectivity index (χ0) is 36.0. The molecule has 0 saturated carbocycles. The van der Waals surface area contributed by atoms with Gasteiger partial charge in [0, 0.05) is 0 Å². The van der Waals surface area contributed by atoms with Crippen LogP contribution in [-0.4, -0.2) is 24.9 Å². The molecule has 52 heavy (non-hydrogen) atoms. The fourth-order valence-corrected chi connectivity index (χ4v) is 10.2. The second-order valence-corrected chi connectivity index (χ2v) is 20.5. The van der Waals surface area contributed by atoms with Crippen molar-refractivity contribution in [1.29, 1.82) is 0 Å². The summed E-state index contributed by atoms with van der Waals surface area (Å²) in [5, 5.41) is 5.45. The van der Waals surface area contributed by atoms with E-state index in [1.54, 1.807) is 0 Å². The quantitative estimate of drug-likeness (QED) is 0.130. The Morgan fingerprint density at radius 3 is 2.25 bits per heavy atom. The molecule has 6 heteroatoms. The van der Waals surface area contributed by atoms with E-state index in [1.165, 1.54) is 37.0 Å². The molecule has 4 aromatic carbocycles. The second kappa shape index (κ2) is 13.2. The molecule has 0 unspecified atom stereocenters. The first-order valence-electron chi connectivity index (χ1n) is 17.8. The van der Waals surface area contributed by atoms with Gasteiger partial charge in [-0.1, -0.05) is 0 Å². The monoisotopic (exact) mass is 947 g/mol. The van der Waals surface area contributed by atoms with Crippen molar-refractivity contribution in [3.63, 3.8) is 0 Å². The van der Waals surface area contributed by atoms with Crippen molar-refractivity contribution in [1.82, 2.24) is 9.97 Å². The van der Waals surface area contributed by atoms with Gasteiger partial charge in [-0.15, -0.1) is 0 Å². The molecule has 0 atom stereocenters. The van der Waals surface area contributed by atoms with Crippen molar-refractivity contribution >= 4 is 88.5 Å². The molecule has 0 fully saturated rings. The van der Waals surface area contributed by atoms with Gasteiger partial charge in [-0.3, -0.25) is 0 Å². The summed E-state index contributed by atoms with van der Waals surface area (Å²) >= 11 is 1.69. The molecule has 4 heterocycles. The molecule has 0 N–H and O–H groups in total. The Hall–Kier alpha value is -3.33. The average molecular weight is 947 g/mol. The molecule has 0 saturated heterocycles. The first-order chi connectivity index (χ1) is 24.0. The maximum atomic E-state index is 6.81. The molecule has 8 rings (SSSR count). The van der Waals surface area contributed by atoms with Crippen LogP contribution in [0.25, 0.3) is 64.3 Å². The molecule has 0 bridgehead atoms.